The molecule has 2 rings (SSSR count). The number of nitrogens with one attached hydrogen (secondary N) is 1. The van der Waals surface area contributed by atoms with Crippen LogP contribution in [0.2, 0.25) is 0 Å². The Hall–Kier alpha value is -1.62. The van der Waals surface area contributed by atoms with Crippen LogP contribution in [0.15, 0.2) is 24.3 Å². The van der Waals surface area contributed by atoms with Crippen LogP contribution >= 0.6 is 11.3 Å². The van der Waals surface area contributed by atoms with Crippen LogP contribution in [0.4, 0.5) is 5.13 Å². The second-order valence-electron chi connectivity index (χ2n) is 4.02. The Morgan fingerprint density at radius 1 is 1.28 bits per heavy atom. The van der Waals surface area contributed by atoms with Crippen molar-refractivity contribution < 1.29 is 5.11 Å². The van der Waals surface area contributed by atoms with Crippen molar-refractivity contribution in [3.63, 3.8) is 0 Å². The minimum atomic E-state index is 0.0591. The average Bonchev–Trinajstić information content (AvgIpc) is 2.85. The largest absolute Gasteiger partial charge is 0.508 e. The molecule has 0 saturated carbocycles. The number of hydrogen-bond donors (Lipinski definition) is 2. The highest BCUT2D eigenvalue weighted by Crippen LogP contribution is 2.30. The van der Waals surface area contributed by atoms with Crippen molar-refractivity contribution in [2.75, 3.05) is 5.32 Å². The molecule has 0 aliphatic heterocycles. The Balaban J connectivity index is 2.17. The zero-order chi connectivity index (χ0) is 13.0. The first-order chi connectivity index (χ1) is 8.74. The summed E-state index contributed by atoms with van der Waals surface area (Å²) in [6.07, 6.45) is 1.77. The van der Waals surface area contributed by atoms with Crippen molar-refractivity contribution in [1.29, 1.82) is 0 Å². The summed E-state index contributed by atoms with van der Waals surface area (Å²) in [5.74, 6) is 0.317. The molecule has 0 saturated heterocycles. The van der Waals surface area contributed by atoms with Crippen LogP contribution in [0.3, 0.4) is 0 Å². The molecule has 18 heavy (non-hydrogen) atoms. The normalized spacial score (nSPS) is 12.3. The van der Waals surface area contributed by atoms with Crippen molar-refractivity contribution in [3.8, 4) is 5.75 Å². The summed E-state index contributed by atoms with van der Waals surface area (Å²) in [5.41, 5.74) is 0.897. The first kappa shape index (κ1) is 12.8. The van der Waals surface area contributed by atoms with Crippen molar-refractivity contribution in [3.05, 3.63) is 34.8 Å². The summed E-state index contributed by atoms with van der Waals surface area (Å²) in [6, 6.07) is 7.45. The smallest absolute Gasteiger partial charge is 0.206 e. The highest BCUT2D eigenvalue weighted by molar-refractivity contribution is 7.15. The number of anilines is 1. The van der Waals surface area contributed by atoms with Gasteiger partial charge in [-0.2, -0.15) is 0 Å². The second kappa shape index (κ2) is 5.82. The first-order valence-electron chi connectivity index (χ1n) is 6.11. The molecule has 2 N–H and O–H groups in total. The van der Waals surface area contributed by atoms with Gasteiger partial charge in [-0.05, 0) is 18.9 Å². The van der Waals surface area contributed by atoms with E-state index in [1.807, 2.05) is 18.2 Å². The molecule has 5 heteroatoms. The number of phenols is 1. The lowest BCUT2D eigenvalue weighted by atomic mass is 10.0. The Labute approximate surface area is 111 Å². The third kappa shape index (κ3) is 2.79. The number of benzene rings is 1. The SMILES string of the molecule is CCc1nnc(NC(CC)c2ccccc2O)s1. The lowest BCUT2D eigenvalue weighted by Gasteiger charge is -2.17. The molecule has 0 aliphatic rings. The van der Waals surface area contributed by atoms with Crippen LogP contribution in [0.5, 0.6) is 5.75 Å². The third-order valence-electron chi connectivity index (χ3n) is 2.79. The van der Waals surface area contributed by atoms with Crippen LogP contribution in [-0.2, 0) is 6.42 Å². The molecule has 1 unspecified atom stereocenters. The fourth-order valence-corrected chi connectivity index (χ4v) is 2.52. The van der Waals surface area contributed by atoms with Gasteiger partial charge in [-0.25, -0.2) is 0 Å². The van der Waals surface area contributed by atoms with Crippen LogP contribution in [0.25, 0.3) is 0 Å². The van der Waals surface area contributed by atoms with Crippen LogP contribution in [-0.4, -0.2) is 15.3 Å². The van der Waals surface area contributed by atoms with Gasteiger partial charge in [0, 0.05) is 5.56 Å². The van der Waals surface area contributed by atoms with Crippen LogP contribution in [0, 0.1) is 0 Å². The predicted molar refractivity (Wildman–Crippen MR) is 74.0 cm³/mol. The van der Waals surface area contributed by atoms with Crippen LogP contribution in [0.1, 0.15) is 36.9 Å². The first-order valence-corrected chi connectivity index (χ1v) is 6.93. The van der Waals surface area contributed by atoms with Gasteiger partial charge in [0.05, 0.1) is 6.04 Å². The van der Waals surface area contributed by atoms with E-state index in [0.29, 0.717) is 5.75 Å². The summed E-state index contributed by atoms with van der Waals surface area (Å²) in [7, 11) is 0. The molecule has 2 aromatic rings. The molecule has 96 valence electrons. The number of phenolic OH excluding ortho intramolecular Hbond substituents is 1. The van der Waals surface area contributed by atoms with Crippen molar-refractivity contribution in [1.82, 2.24) is 10.2 Å². The molecular weight excluding hydrogens is 246 g/mol. The molecule has 0 amide bonds. The van der Waals surface area contributed by atoms with E-state index in [4.69, 9.17) is 0 Å². The number of aromatic nitrogens is 2. The standard InChI is InChI=1S/C13H17N3OS/c1-3-10(9-7-5-6-8-11(9)17)14-13-16-15-12(4-2)18-13/h5-8,10,17H,3-4H2,1-2H3,(H,14,16). The van der Waals surface area contributed by atoms with Crippen molar-refractivity contribution in [2.24, 2.45) is 0 Å². The number of aryl methyl sites for hydroxylation is 1. The van der Waals surface area contributed by atoms with Gasteiger partial charge in [-0.1, -0.05) is 43.4 Å². The molecule has 0 bridgehead atoms. The van der Waals surface area contributed by atoms with Gasteiger partial charge in [0.15, 0.2) is 0 Å². The van der Waals surface area contributed by atoms with Gasteiger partial charge in [-0.3, -0.25) is 0 Å². The highest BCUT2D eigenvalue weighted by atomic mass is 32.1. The van der Waals surface area contributed by atoms with Gasteiger partial charge in [0.25, 0.3) is 0 Å². The van der Waals surface area contributed by atoms with E-state index in [-0.39, 0.29) is 6.04 Å². The molecule has 0 radical (unpaired) electrons. The number of nitrogens with zero attached hydrogens (tertiary/aromatic N) is 2. The van der Waals surface area contributed by atoms with Gasteiger partial charge >= 0.3 is 0 Å². The van der Waals surface area contributed by atoms with Gasteiger partial charge < -0.3 is 10.4 Å². The molecule has 4 nitrogen and oxygen atoms in total. The maximum Gasteiger partial charge on any atom is 0.206 e. The average molecular weight is 263 g/mol. The van der Waals surface area contributed by atoms with E-state index in [0.717, 1.165) is 28.5 Å². The number of aromatic hydroxyl groups is 1. The Kier molecular flexibility index (Phi) is 4.15. The summed E-state index contributed by atoms with van der Waals surface area (Å²) >= 11 is 1.56. The van der Waals surface area contributed by atoms with Crippen LogP contribution < -0.4 is 5.32 Å². The van der Waals surface area contributed by atoms with E-state index in [2.05, 4.69) is 29.4 Å². The van der Waals surface area contributed by atoms with E-state index < -0.39 is 0 Å². The number of para-hydroxylation sites is 1. The zero-order valence-corrected chi connectivity index (χ0v) is 11.4. The number of rotatable bonds is 5. The highest BCUT2D eigenvalue weighted by Gasteiger charge is 2.14. The molecule has 0 aliphatic carbocycles. The van der Waals surface area contributed by atoms with E-state index >= 15 is 0 Å². The maximum absolute atomic E-state index is 9.87. The molecule has 1 atom stereocenters. The molecular formula is C13H17N3OS. The van der Waals surface area contributed by atoms with E-state index in [9.17, 15) is 5.11 Å². The fourth-order valence-electron chi connectivity index (χ4n) is 1.79. The fraction of sp³-hybridized carbons (Fsp3) is 0.385. The van der Waals surface area contributed by atoms with Gasteiger partial charge in [-0.15, -0.1) is 10.2 Å². The molecule has 1 heterocycles. The maximum atomic E-state index is 9.87. The number of hydrogen-bond acceptors (Lipinski definition) is 5. The Morgan fingerprint density at radius 3 is 2.67 bits per heavy atom. The minimum Gasteiger partial charge on any atom is -0.508 e. The van der Waals surface area contributed by atoms with Gasteiger partial charge in [0.1, 0.15) is 10.8 Å². The summed E-state index contributed by atoms with van der Waals surface area (Å²) in [5, 5.41) is 23.2. The molecule has 0 fully saturated rings. The van der Waals surface area contributed by atoms with Gasteiger partial charge in [0.2, 0.25) is 5.13 Å². The summed E-state index contributed by atoms with van der Waals surface area (Å²) in [6.45, 7) is 4.14. The minimum absolute atomic E-state index is 0.0591. The Morgan fingerprint density at radius 2 is 2.06 bits per heavy atom. The molecule has 1 aromatic carbocycles. The third-order valence-corrected chi connectivity index (χ3v) is 3.79. The lowest BCUT2D eigenvalue weighted by Crippen LogP contribution is -2.09. The quantitative estimate of drug-likeness (QED) is 0.868. The monoisotopic (exact) mass is 263 g/mol. The second-order valence-corrected chi connectivity index (χ2v) is 5.08. The summed E-state index contributed by atoms with van der Waals surface area (Å²) in [4.78, 5) is 0. The van der Waals surface area contributed by atoms with E-state index in [1.54, 1.807) is 17.4 Å². The zero-order valence-electron chi connectivity index (χ0n) is 10.6. The molecule has 0 spiro atoms. The molecule has 1 aromatic heterocycles. The predicted octanol–water partition coefficient (Wildman–Crippen LogP) is 3.37. The van der Waals surface area contributed by atoms with Crippen molar-refractivity contribution in [2.45, 2.75) is 32.7 Å². The topological polar surface area (TPSA) is 58.0 Å². The lowest BCUT2D eigenvalue weighted by molar-refractivity contribution is 0.462. The van der Waals surface area contributed by atoms with Crippen molar-refractivity contribution >= 4 is 16.5 Å². The Bertz CT molecular complexity index is 512. The van der Waals surface area contributed by atoms with E-state index in [1.165, 1.54) is 0 Å². The summed E-state index contributed by atoms with van der Waals surface area (Å²) < 4.78 is 0.